The Bertz CT molecular complexity index is 1940. The molecule has 0 fully saturated rings. The molecule has 0 saturated heterocycles. The first-order valence-electron chi connectivity index (χ1n) is 19.9. The fourth-order valence-electron chi connectivity index (χ4n) is 6.33. The SMILES string of the molecule is CN(CC(=O)O)C(=O)CN(C)C(=O)CN(C)C(=O)C(CCCNC(=O)OC(C)(C)C)NC(=O)CN(C)C(=O)CN(C)C(=O)CNC(=O)OCC1c2ccccc2-c2ccccc21. The molecule has 8 amide bonds. The third-order valence-corrected chi connectivity index (χ3v) is 9.65. The number of aliphatic carboxylic acids is 1. The summed E-state index contributed by atoms with van der Waals surface area (Å²) in [6.07, 6.45) is -1.31. The number of carbonyl (C=O) groups is 9. The molecule has 0 aromatic heterocycles. The van der Waals surface area contributed by atoms with Gasteiger partial charge in [-0.05, 0) is 55.9 Å². The molecule has 20 nitrogen and oxygen atoms in total. The van der Waals surface area contributed by atoms with Gasteiger partial charge in [-0.1, -0.05) is 48.5 Å². The Morgan fingerprint density at radius 2 is 1.13 bits per heavy atom. The number of nitrogens with one attached hydrogen (secondary N) is 3. The van der Waals surface area contributed by atoms with Crippen LogP contribution in [-0.2, 0) is 43.0 Å². The van der Waals surface area contributed by atoms with Gasteiger partial charge in [-0.25, -0.2) is 9.59 Å². The van der Waals surface area contributed by atoms with Crippen molar-refractivity contribution in [2.75, 3.05) is 87.7 Å². The third kappa shape index (κ3) is 15.4. The van der Waals surface area contributed by atoms with Gasteiger partial charge in [-0.3, -0.25) is 33.6 Å². The number of benzene rings is 2. The monoisotopic (exact) mass is 866 g/mol. The van der Waals surface area contributed by atoms with Gasteiger partial charge in [0.1, 0.15) is 31.3 Å². The maximum absolute atomic E-state index is 13.6. The Kier molecular flexibility index (Phi) is 18.2. The number of carboxylic acids is 1. The van der Waals surface area contributed by atoms with E-state index in [1.165, 1.54) is 35.2 Å². The zero-order valence-electron chi connectivity index (χ0n) is 36.5. The standard InChI is InChI=1S/C42H58N8O12/c1-42(2,3)62-41(60)43-19-13-18-32(39(58)50(8)24-37(55)48(6)23-36(54)49(7)25-38(56)57)45-33(51)21-46(4)35(53)22-47(5)34(52)20-44-40(59)61-26-31-29-16-11-9-14-27(29)28-15-10-12-17-30(28)31/h9-12,14-17,31-32H,13,18-26H2,1-8H3,(H,43,60)(H,44,59)(H,45,51)(H,56,57). The summed E-state index contributed by atoms with van der Waals surface area (Å²) in [6.45, 7) is 2.27. The van der Waals surface area contributed by atoms with Crippen LogP contribution in [0.25, 0.3) is 11.1 Å². The highest BCUT2D eigenvalue weighted by molar-refractivity contribution is 5.93. The molecule has 62 heavy (non-hydrogen) atoms. The van der Waals surface area contributed by atoms with Gasteiger partial charge in [0.25, 0.3) is 0 Å². The summed E-state index contributed by atoms with van der Waals surface area (Å²) in [7, 11) is 6.58. The van der Waals surface area contributed by atoms with Crippen molar-refractivity contribution in [1.29, 1.82) is 0 Å². The number of hydrogen-bond acceptors (Lipinski definition) is 11. The van der Waals surface area contributed by atoms with E-state index in [1.807, 2.05) is 48.5 Å². The number of alkyl carbamates (subject to hydrolysis) is 2. The van der Waals surface area contributed by atoms with Gasteiger partial charge in [0, 0.05) is 47.7 Å². The molecule has 0 spiro atoms. The minimum Gasteiger partial charge on any atom is -0.480 e. The van der Waals surface area contributed by atoms with Crippen LogP contribution in [0.4, 0.5) is 9.59 Å². The maximum atomic E-state index is 13.6. The number of nitrogens with zero attached hydrogens (tertiary/aromatic N) is 5. The number of rotatable bonds is 20. The van der Waals surface area contributed by atoms with Crippen molar-refractivity contribution in [1.82, 2.24) is 40.4 Å². The molecule has 20 heteroatoms. The van der Waals surface area contributed by atoms with Crippen molar-refractivity contribution < 1.29 is 57.7 Å². The van der Waals surface area contributed by atoms with E-state index in [9.17, 15) is 43.2 Å². The van der Waals surface area contributed by atoms with E-state index in [2.05, 4.69) is 16.0 Å². The molecule has 0 bridgehead atoms. The Balaban J connectivity index is 1.52. The molecular formula is C42H58N8O12. The average molecular weight is 867 g/mol. The summed E-state index contributed by atoms with van der Waals surface area (Å²) in [5.74, 6) is -5.35. The van der Waals surface area contributed by atoms with Gasteiger partial charge in [0.15, 0.2) is 0 Å². The molecule has 1 aliphatic rings. The predicted octanol–water partition coefficient (Wildman–Crippen LogP) is 0.691. The molecule has 0 aliphatic heterocycles. The maximum Gasteiger partial charge on any atom is 0.407 e. The number of carbonyl (C=O) groups excluding carboxylic acids is 8. The average Bonchev–Trinajstić information content (AvgIpc) is 3.52. The summed E-state index contributed by atoms with van der Waals surface area (Å²) < 4.78 is 10.7. The van der Waals surface area contributed by atoms with Crippen LogP contribution >= 0.6 is 0 Å². The summed E-state index contributed by atoms with van der Waals surface area (Å²) in [5.41, 5.74) is 3.45. The van der Waals surface area contributed by atoms with Crippen molar-refractivity contribution in [2.45, 2.75) is 51.2 Å². The molecule has 338 valence electrons. The minimum atomic E-state index is -1.23. The molecule has 1 atom stereocenters. The molecule has 4 N–H and O–H groups in total. The summed E-state index contributed by atoms with van der Waals surface area (Å²) in [4.78, 5) is 119. The second kappa shape index (κ2) is 22.8. The second-order valence-electron chi connectivity index (χ2n) is 16.0. The third-order valence-electron chi connectivity index (χ3n) is 9.65. The Hall–Kier alpha value is -6.73. The first-order valence-corrected chi connectivity index (χ1v) is 19.9. The second-order valence-corrected chi connectivity index (χ2v) is 16.0. The van der Waals surface area contributed by atoms with E-state index in [1.54, 1.807) is 20.8 Å². The van der Waals surface area contributed by atoms with Crippen molar-refractivity contribution in [2.24, 2.45) is 0 Å². The summed E-state index contributed by atoms with van der Waals surface area (Å²) in [5, 5.41) is 16.5. The van der Waals surface area contributed by atoms with Crippen molar-refractivity contribution >= 4 is 53.6 Å². The van der Waals surface area contributed by atoms with Crippen LogP contribution in [0.1, 0.15) is 50.7 Å². The van der Waals surface area contributed by atoms with E-state index in [4.69, 9.17) is 14.6 Å². The lowest BCUT2D eigenvalue weighted by molar-refractivity contribution is -0.146. The molecule has 0 heterocycles. The predicted molar refractivity (Wildman–Crippen MR) is 224 cm³/mol. The zero-order chi connectivity index (χ0) is 46.3. The first kappa shape index (κ1) is 49.6. The van der Waals surface area contributed by atoms with Gasteiger partial charge < -0.3 is 55.0 Å². The van der Waals surface area contributed by atoms with Crippen molar-refractivity contribution in [3.8, 4) is 11.1 Å². The van der Waals surface area contributed by atoms with Crippen LogP contribution < -0.4 is 16.0 Å². The Labute approximate surface area is 360 Å². The highest BCUT2D eigenvalue weighted by Gasteiger charge is 2.30. The molecule has 0 saturated carbocycles. The molecule has 1 aliphatic carbocycles. The lowest BCUT2D eigenvalue weighted by Gasteiger charge is -2.27. The highest BCUT2D eigenvalue weighted by atomic mass is 16.6. The molecular weight excluding hydrogens is 809 g/mol. The van der Waals surface area contributed by atoms with E-state index in [0.717, 1.165) is 46.8 Å². The molecule has 0 radical (unpaired) electrons. The lowest BCUT2D eigenvalue weighted by Crippen LogP contribution is -2.53. The number of hydrogen-bond donors (Lipinski definition) is 4. The van der Waals surface area contributed by atoms with E-state index in [0.29, 0.717) is 0 Å². The van der Waals surface area contributed by atoms with Crippen LogP contribution in [-0.4, -0.2) is 183 Å². The largest absolute Gasteiger partial charge is 0.480 e. The number of likely N-dealkylation sites (N-methyl/N-ethyl adjacent to an activating group) is 5. The van der Waals surface area contributed by atoms with Crippen molar-refractivity contribution in [3.63, 3.8) is 0 Å². The summed E-state index contributed by atoms with van der Waals surface area (Å²) in [6, 6.07) is 14.5. The fraction of sp³-hybridized carbons (Fsp3) is 0.500. The van der Waals surface area contributed by atoms with Gasteiger partial charge in [-0.2, -0.15) is 0 Å². The summed E-state index contributed by atoms with van der Waals surface area (Å²) >= 11 is 0. The normalized spacial score (nSPS) is 12.1. The zero-order valence-corrected chi connectivity index (χ0v) is 36.5. The highest BCUT2D eigenvalue weighted by Crippen LogP contribution is 2.44. The lowest BCUT2D eigenvalue weighted by atomic mass is 9.98. The quantitative estimate of drug-likeness (QED) is 0.134. The first-order chi connectivity index (χ1) is 29.1. The number of carboxylic acid groups (broad SMARTS) is 1. The van der Waals surface area contributed by atoms with Crippen LogP contribution in [0.3, 0.4) is 0 Å². The smallest absolute Gasteiger partial charge is 0.407 e. The molecule has 3 rings (SSSR count). The Morgan fingerprint density at radius 1 is 0.645 bits per heavy atom. The molecule has 2 aromatic rings. The fourth-order valence-corrected chi connectivity index (χ4v) is 6.33. The topological polar surface area (TPSA) is 245 Å². The van der Waals surface area contributed by atoms with Crippen LogP contribution in [0.2, 0.25) is 0 Å². The number of amides is 8. The van der Waals surface area contributed by atoms with Crippen molar-refractivity contribution in [3.05, 3.63) is 59.7 Å². The Morgan fingerprint density at radius 3 is 1.66 bits per heavy atom. The molecule has 1 unspecified atom stereocenters. The van der Waals surface area contributed by atoms with Gasteiger partial charge in [-0.15, -0.1) is 0 Å². The van der Waals surface area contributed by atoms with E-state index < -0.39 is 105 Å². The number of fused-ring (bicyclic) bond motifs is 3. The van der Waals surface area contributed by atoms with Crippen LogP contribution in [0.5, 0.6) is 0 Å². The molecule has 2 aromatic carbocycles. The van der Waals surface area contributed by atoms with Gasteiger partial charge in [0.05, 0.1) is 26.2 Å². The van der Waals surface area contributed by atoms with Crippen LogP contribution in [0, 0.1) is 0 Å². The van der Waals surface area contributed by atoms with E-state index in [-0.39, 0.29) is 31.9 Å². The minimum absolute atomic E-state index is 0.00120. The van der Waals surface area contributed by atoms with Gasteiger partial charge in [0.2, 0.25) is 35.4 Å². The van der Waals surface area contributed by atoms with Crippen LogP contribution in [0.15, 0.2) is 48.5 Å². The van der Waals surface area contributed by atoms with Gasteiger partial charge >= 0.3 is 18.2 Å². The van der Waals surface area contributed by atoms with E-state index >= 15 is 0 Å². The number of ether oxygens (including phenoxy) is 2.